The molecule has 0 saturated heterocycles. The lowest BCUT2D eigenvalue weighted by Crippen LogP contribution is -1.99. The van der Waals surface area contributed by atoms with Gasteiger partial charge in [0.15, 0.2) is 0 Å². The maximum Gasteiger partial charge on any atom is 0.381 e. The molecule has 0 aliphatic heterocycles. The lowest BCUT2D eigenvalue weighted by atomic mass is 10.4. The number of nitrogens with zero attached hydrogens (tertiary/aromatic N) is 5. The van der Waals surface area contributed by atoms with Crippen LogP contribution in [0.2, 0.25) is 5.15 Å². The number of hydrogen-bond donors (Lipinski definition) is 0. The summed E-state index contributed by atoms with van der Waals surface area (Å²) in [6, 6.07) is 0. The predicted molar refractivity (Wildman–Crippen MR) is 55.0 cm³/mol. The number of rotatable bonds is 3. The van der Waals surface area contributed by atoms with Crippen LogP contribution in [0, 0.1) is 10.1 Å². The van der Waals surface area contributed by atoms with Gasteiger partial charge in [-0.3, -0.25) is 4.98 Å². The van der Waals surface area contributed by atoms with E-state index >= 15 is 0 Å². The molecule has 2 heterocycles. The molecule has 8 heteroatoms. The summed E-state index contributed by atoms with van der Waals surface area (Å²) in [7, 11) is 0. The first kappa shape index (κ1) is 10.5. The van der Waals surface area contributed by atoms with Gasteiger partial charge in [0.2, 0.25) is 6.33 Å². The molecule has 0 radical (unpaired) electrons. The van der Waals surface area contributed by atoms with Crippen LogP contribution < -0.4 is 0 Å². The maximum absolute atomic E-state index is 10.4. The predicted octanol–water partition coefficient (Wildman–Crippen LogP) is 1.28. The Labute approximate surface area is 94.9 Å². The number of imidazole rings is 1. The topological polar surface area (TPSA) is 86.7 Å². The minimum atomic E-state index is -0.552. The highest BCUT2D eigenvalue weighted by Crippen LogP contribution is 2.08. The number of nitro groups is 1. The van der Waals surface area contributed by atoms with Crippen LogP contribution in [0.15, 0.2) is 24.9 Å². The van der Waals surface area contributed by atoms with E-state index in [4.69, 9.17) is 11.6 Å². The van der Waals surface area contributed by atoms with E-state index in [1.54, 1.807) is 4.57 Å². The smallest absolute Gasteiger partial charge is 0.358 e. The zero-order valence-electron chi connectivity index (χ0n) is 7.95. The van der Waals surface area contributed by atoms with Gasteiger partial charge in [0.1, 0.15) is 11.3 Å². The molecular formula is C8H6ClN5O2. The van der Waals surface area contributed by atoms with E-state index in [9.17, 15) is 10.1 Å². The Bertz CT molecular complexity index is 509. The molecule has 0 aromatic carbocycles. The average molecular weight is 240 g/mol. The van der Waals surface area contributed by atoms with Crippen molar-refractivity contribution in [2.45, 2.75) is 6.54 Å². The van der Waals surface area contributed by atoms with Crippen molar-refractivity contribution in [2.75, 3.05) is 0 Å². The highest BCUT2D eigenvalue weighted by Gasteiger charge is 2.10. The number of hydrogen-bond acceptors (Lipinski definition) is 5. The summed E-state index contributed by atoms with van der Waals surface area (Å²) >= 11 is 5.58. The third-order valence-electron chi connectivity index (χ3n) is 1.83. The average Bonchev–Trinajstić information content (AvgIpc) is 2.70. The van der Waals surface area contributed by atoms with Crippen molar-refractivity contribution in [2.24, 2.45) is 0 Å². The Morgan fingerprint density at radius 3 is 2.75 bits per heavy atom. The largest absolute Gasteiger partial charge is 0.381 e. The fourth-order valence-electron chi connectivity index (χ4n) is 1.14. The van der Waals surface area contributed by atoms with Crippen molar-refractivity contribution in [1.29, 1.82) is 0 Å². The SMILES string of the molecule is O=[N+]([O-])c1cn(Cc2cnc(Cl)cn2)cn1. The quantitative estimate of drug-likeness (QED) is 0.595. The van der Waals surface area contributed by atoms with Crippen LogP contribution in [-0.2, 0) is 6.54 Å². The fourth-order valence-corrected chi connectivity index (χ4v) is 1.23. The van der Waals surface area contributed by atoms with Crippen molar-refractivity contribution in [3.63, 3.8) is 0 Å². The fraction of sp³-hybridized carbons (Fsp3) is 0.125. The molecule has 0 saturated carbocycles. The molecule has 0 atom stereocenters. The summed E-state index contributed by atoms with van der Waals surface area (Å²) < 4.78 is 1.55. The summed E-state index contributed by atoms with van der Waals surface area (Å²) in [5.41, 5.74) is 0.650. The molecule has 0 aliphatic carbocycles. The van der Waals surface area contributed by atoms with E-state index in [-0.39, 0.29) is 5.82 Å². The Balaban J connectivity index is 2.14. The van der Waals surface area contributed by atoms with E-state index in [1.165, 1.54) is 24.9 Å². The Morgan fingerprint density at radius 1 is 1.38 bits per heavy atom. The molecule has 0 unspecified atom stereocenters. The lowest BCUT2D eigenvalue weighted by molar-refractivity contribution is -0.389. The molecule has 0 fully saturated rings. The van der Waals surface area contributed by atoms with Crippen LogP contribution in [0.5, 0.6) is 0 Å². The van der Waals surface area contributed by atoms with Gasteiger partial charge < -0.3 is 14.7 Å². The van der Waals surface area contributed by atoms with E-state index in [0.29, 0.717) is 17.4 Å². The van der Waals surface area contributed by atoms with Crippen LogP contribution in [-0.4, -0.2) is 24.4 Å². The standard InChI is InChI=1S/C8H6ClN5O2/c9-7-2-10-6(1-11-7)3-13-4-8(12-5-13)14(15)16/h1-2,4-5H,3H2. The van der Waals surface area contributed by atoms with Crippen molar-refractivity contribution in [1.82, 2.24) is 19.5 Å². The van der Waals surface area contributed by atoms with Crippen LogP contribution in [0.4, 0.5) is 5.82 Å². The Hall–Kier alpha value is -2.02. The zero-order chi connectivity index (χ0) is 11.5. The third-order valence-corrected chi connectivity index (χ3v) is 2.02. The van der Waals surface area contributed by atoms with Crippen molar-refractivity contribution >= 4 is 17.4 Å². The first-order valence-corrected chi connectivity index (χ1v) is 4.65. The number of aromatic nitrogens is 4. The molecule has 16 heavy (non-hydrogen) atoms. The van der Waals surface area contributed by atoms with Crippen LogP contribution in [0.25, 0.3) is 0 Å². The van der Waals surface area contributed by atoms with Crippen molar-refractivity contribution in [3.05, 3.63) is 45.9 Å². The normalized spacial score (nSPS) is 10.3. The van der Waals surface area contributed by atoms with Crippen molar-refractivity contribution < 1.29 is 4.92 Å². The summed E-state index contributed by atoms with van der Waals surface area (Å²) in [5, 5.41) is 10.7. The monoisotopic (exact) mass is 239 g/mol. The second-order valence-corrected chi connectivity index (χ2v) is 3.38. The Morgan fingerprint density at radius 2 is 2.19 bits per heavy atom. The molecule has 82 valence electrons. The maximum atomic E-state index is 10.4. The first-order chi connectivity index (χ1) is 7.65. The lowest BCUT2D eigenvalue weighted by Gasteiger charge is -1.98. The molecule has 0 bridgehead atoms. The Kier molecular flexibility index (Phi) is 2.78. The second kappa shape index (κ2) is 4.23. The molecule has 0 aliphatic rings. The minimum Gasteiger partial charge on any atom is -0.358 e. The molecule has 2 rings (SSSR count). The van der Waals surface area contributed by atoms with Gasteiger partial charge in [-0.25, -0.2) is 4.98 Å². The third kappa shape index (κ3) is 2.31. The van der Waals surface area contributed by atoms with Gasteiger partial charge in [-0.1, -0.05) is 11.6 Å². The first-order valence-electron chi connectivity index (χ1n) is 4.28. The van der Waals surface area contributed by atoms with Gasteiger partial charge in [-0.15, -0.1) is 0 Å². The molecule has 7 nitrogen and oxygen atoms in total. The summed E-state index contributed by atoms with van der Waals surface area (Å²) in [6.45, 7) is 0.366. The summed E-state index contributed by atoms with van der Waals surface area (Å²) in [6.07, 6.45) is 5.63. The van der Waals surface area contributed by atoms with Gasteiger partial charge in [-0.2, -0.15) is 0 Å². The summed E-state index contributed by atoms with van der Waals surface area (Å²) in [5.74, 6) is -0.193. The van der Waals surface area contributed by atoms with Gasteiger partial charge in [-0.05, 0) is 9.91 Å². The zero-order valence-corrected chi connectivity index (χ0v) is 8.70. The molecule has 0 spiro atoms. The highest BCUT2D eigenvalue weighted by molar-refractivity contribution is 6.29. The van der Waals surface area contributed by atoms with Gasteiger partial charge in [0.05, 0.1) is 24.6 Å². The van der Waals surface area contributed by atoms with Gasteiger partial charge >= 0.3 is 5.82 Å². The molecule has 2 aromatic heterocycles. The molecular weight excluding hydrogens is 234 g/mol. The van der Waals surface area contributed by atoms with Crippen LogP contribution in [0.3, 0.4) is 0 Å². The molecule has 2 aromatic rings. The molecule has 0 N–H and O–H groups in total. The second-order valence-electron chi connectivity index (χ2n) is 2.99. The van der Waals surface area contributed by atoms with Gasteiger partial charge in [0.25, 0.3) is 0 Å². The van der Waals surface area contributed by atoms with E-state index < -0.39 is 4.92 Å². The van der Waals surface area contributed by atoms with Crippen molar-refractivity contribution in [3.8, 4) is 0 Å². The van der Waals surface area contributed by atoms with E-state index in [2.05, 4.69) is 15.0 Å². The van der Waals surface area contributed by atoms with E-state index in [0.717, 1.165) is 0 Å². The van der Waals surface area contributed by atoms with E-state index in [1.807, 2.05) is 0 Å². The minimum absolute atomic E-state index is 0.193. The van der Waals surface area contributed by atoms with Crippen LogP contribution >= 0.6 is 11.6 Å². The number of halogens is 1. The van der Waals surface area contributed by atoms with Crippen LogP contribution in [0.1, 0.15) is 5.69 Å². The molecule has 0 amide bonds. The summed E-state index contributed by atoms with van der Waals surface area (Å²) in [4.78, 5) is 21.3. The van der Waals surface area contributed by atoms with Gasteiger partial charge in [0, 0.05) is 0 Å². The highest BCUT2D eigenvalue weighted by atomic mass is 35.5.